The predicted octanol–water partition coefficient (Wildman–Crippen LogP) is 0.800. The van der Waals surface area contributed by atoms with Gasteiger partial charge in [-0.05, 0) is 25.8 Å². The number of hydrogen-bond acceptors (Lipinski definition) is 4. The number of ether oxygens (including phenoxy) is 2. The molecule has 3 aliphatic rings. The van der Waals surface area contributed by atoms with E-state index in [0.29, 0.717) is 31.0 Å². The number of carbonyl (C=O) groups is 1. The van der Waals surface area contributed by atoms with Crippen molar-refractivity contribution in [2.45, 2.75) is 51.0 Å². The number of carbonyl (C=O) groups excluding carboxylic acids is 1. The largest absolute Gasteiger partial charge is 0.458 e. The summed E-state index contributed by atoms with van der Waals surface area (Å²) in [6.45, 7) is 5.91. The van der Waals surface area contributed by atoms with Gasteiger partial charge in [-0.3, -0.25) is 9.69 Å². The summed E-state index contributed by atoms with van der Waals surface area (Å²) in [5.74, 6) is 0.472. The maximum Gasteiger partial charge on any atom is 0.306 e. The Morgan fingerprint density at radius 2 is 2.31 bits per heavy atom. The van der Waals surface area contributed by atoms with Crippen LogP contribution >= 0.6 is 0 Å². The molecule has 0 N–H and O–H groups in total. The van der Waals surface area contributed by atoms with Crippen LogP contribution in [0.4, 0.5) is 0 Å². The van der Waals surface area contributed by atoms with Crippen LogP contribution in [0.3, 0.4) is 0 Å². The van der Waals surface area contributed by atoms with Crippen molar-refractivity contribution in [1.82, 2.24) is 4.90 Å². The number of fused-ring (bicyclic) bond motifs is 1. The molecule has 3 aliphatic heterocycles. The van der Waals surface area contributed by atoms with Crippen LogP contribution in [0.25, 0.3) is 0 Å². The maximum absolute atomic E-state index is 11.5. The molecule has 4 heteroatoms. The highest BCUT2D eigenvalue weighted by atomic mass is 16.6. The standard InChI is InChI=1S/C12H19NO3/c1-3-13-8-5-7-6-9(14)16-12(10(7)13)11(8)15-4-2/h7-8,10-12H,3-6H2,1-2H3. The normalized spacial score (nSPS) is 46.1. The minimum absolute atomic E-state index is 0.00935. The van der Waals surface area contributed by atoms with Crippen molar-refractivity contribution in [2.75, 3.05) is 13.2 Å². The number of likely N-dealkylation sites (N-methyl/N-ethyl adjacent to an activating group) is 1. The second-order valence-corrected chi connectivity index (χ2v) is 4.96. The van der Waals surface area contributed by atoms with Crippen molar-refractivity contribution in [2.24, 2.45) is 5.92 Å². The Hall–Kier alpha value is -0.610. The summed E-state index contributed by atoms with van der Waals surface area (Å²) in [5, 5.41) is 0. The molecule has 0 radical (unpaired) electrons. The third-order valence-electron chi connectivity index (χ3n) is 4.30. The molecule has 5 unspecified atom stereocenters. The maximum atomic E-state index is 11.5. The average Bonchev–Trinajstić information content (AvgIpc) is 2.73. The molecule has 3 heterocycles. The third kappa shape index (κ3) is 1.26. The fourth-order valence-corrected chi connectivity index (χ4v) is 3.87. The van der Waals surface area contributed by atoms with Gasteiger partial charge in [0, 0.05) is 12.6 Å². The van der Waals surface area contributed by atoms with Gasteiger partial charge in [-0.15, -0.1) is 0 Å². The second-order valence-electron chi connectivity index (χ2n) is 4.96. The first-order valence-electron chi connectivity index (χ1n) is 6.33. The van der Waals surface area contributed by atoms with E-state index >= 15 is 0 Å². The van der Waals surface area contributed by atoms with Gasteiger partial charge in [0.2, 0.25) is 0 Å². The SMILES string of the molecule is CCOC1C2OC(=O)CC3CC1N(CC)C32. The summed E-state index contributed by atoms with van der Waals surface area (Å²) in [6.07, 6.45) is 1.81. The number of rotatable bonds is 3. The Morgan fingerprint density at radius 3 is 3.00 bits per heavy atom. The van der Waals surface area contributed by atoms with Gasteiger partial charge in [0.05, 0.1) is 12.5 Å². The van der Waals surface area contributed by atoms with Gasteiger partial charge in [0.15, 0.2) is 0 Å². The fraction of sp³-hybridized carbons (Fsp3) is 0.917. The molecule has 0 saturated carbocycles. The van der Waals surface area contributed by atoms with Crippen LogP contribution in [0.15, 0.2) is 0 Å². The lowest BCUT2D eigenvalue weighted by molar-refractivity contribution is -0.170. The van der Waals surface area contributed by atoms with E-state index in [1.54, 1.807) is 0 Å². The lowest BCUT2D eigenvalue weighted by atomic mass is 9.81. The highest BCUT2D eigenvalue weighted by molar-refractivity contribution is 5.71. The summed E-state index contributed by atoms with van der Waals surface area (Å²) < 4.78 is 11.3. The predicted molar refractivity (Wildman–Crippen MR) is 58.0 cm³/mol. The fourth-order valence-electron chi connectivity index (χ4n) is 3.87. The molecule has 0 aromatic carbocycles. The Balaban J connectivity index is 1.87. The van der Waals surface area contributed by atoms with E-state index in [1.807, 2.05) is 6.92 Å². The van der Waals surface area contributed by atoms with Crippen molar-refractivity contribution in [3.63, 3.8) is 0 Å². The molecule has 4 nitrogen and oxygen atoms in total. The highest BCUT2D eigenvalue weighted by Gasteiger charge is 2.61. The third-order valence-corrected chi connectivity index (χ3v) is 4.30. The molecule has 16 heavy (non-hydrogen) atoms. The summed E-state index contributed by atoms with van der Waals surface area (Å²) in [5.41, 5.74) is 0. The molecule has 2 bridgehead atoms. The van der Waals surface area contributed by atoms with Crippen LogP contribution in [0.2, 0.25) is 0 Å². The van der Waals surface area contributed by atoms with Crippen molar-refractivity contribution in [3.8, 4) is 0 Å². The molecule has 3 saturated heterocycles. The van der Waals surface area contributed by atoms with Crippen molar-refractivity contribution in [1.29, 1.82) is 0 Å². The smallest absolute Gasteiger partial charge is 0.306 e. The molecule has 0 spiro atoms. The summed E-state index contributed by atoms with van der Waals surface area (Å²) >= 11 is 0. The first-order chi connectivity index (χ1) is 7.76. The van der Waals surface area contributed by atoms with Crippen LogP contribution in [0.1, 0.15) is 26.7 Å². The molecular weight excluding hydrogens is 206 g/mol. The topological polar surface area (TPSA) is 38.8 Å². The zero-order chi connectivity index (χ0) is 11.3. The van der Waals surface area contributed by atoms with E-state index in [-0.39, 0.29) is 18.2 Å². The Morgan fingerprint density at radius 1 is 1.50 bits per heavy atom. The monoisotopic (exact) mass is 225 g/mol. The molecule has 0 amide bonds. The average molecular weight is 225 g/mol. The van der Waals surface area contributed by atoms with Gasteiger partial charge in [-0.25, -0.2) is 0 Å². The van der Waals surface area contributed by atoms with Crippen LogP contribution in [-0.4, -0.2) is 48.3 Å². The summed E-state index contributed by atoms with van der Waals surface area (Å²) in [7, 11) is 0. The van der Waals surface area contributed by atoms with Crippen molar-refractivity contribution >= 4 is 5.97 Å². The molecule has 3 fully saturated rings. The Bertz CT molecular complexity index is 307. The zero-order valence-corrected chi connectivity index (χ0v) is 9.89. The summed E-state index contributed by atoms with van der Waals surface area (Å²) in [6, 6.07) is 0.891. The molecule has 0 aromatic heterocycles. The van der Waals surface area contributed by atoms with Gasteiger partial charge in [0.25, 0.3) is 0 Å². The van der Waals surface area contributed by atoms with Crippen molar-refractivity contribution < 1.29 is 14.3 Å². The zero-order valence-electron chi connectivity index (χ0n) is 9.89. The molecule has 3 rings (SSSR count). The lowest BCUT2D eigenvalue weighted by Gasteiger charge is -2.37. The van der Waals surface area contributed by atoms with E-state index in [9.17, 15) is 4.79 Å². The van der Waals surface area contributed by atoms with E-state index in [0.717, 1.165) is 13.0 Å². The minimum Gasteiger partial charge on any atom is -0.458 e. The number of esters is 1. The first-order valence-corrected chi connectivity index (χ1v) is 6.33. The lowest BCUT2D eigenvalue weighted by Crippen LogP contribution is -2.50. The quantitative estimate of drug-likeness (QED) is 0.666. The minimum atomic E-state index is -0.0349. The number of nitrogens with zero attached hydrogens (tertiary/aromatic N) is 1. The molecule has 0 aromatic rings. The molecule has 5 atom stereocenters. The van der Waals surface area contributed by atoms with Gasteiger partial charge in [-0.1, -0.05) is 6.92 Å². The first kappa shape index (κ1) is 10.5. The van der Waals surface area contributed by atoms with Crippen molar-refractivity contribution in [3.05, 3.63) is 0 Å². The van der Waals surface area contributed by atoms with Gasteiger partial charge in [-0.2, -0.15) is 0 Å². The van der Waals surface area contributed by atoms with Gasteiger partial charge >= 0.3 is 5.97 Å². The van der Waals surface area contributed by atoms with Crippen LogP contribution in [-0.2, 0) is 14.3 Å². The second kappa shape index (κ2) is 3.70. The van der Waals surface area contributed by atoms with Crippen LogP contribution in [0.5, 0.6) is 0 Å². The van der Waals surface area contributed by atoms with E-state index < -0.39 is 0 Å². The van der Waals surface area contributed by atoms with E-state index in [2.05, 4.69) is 11.8 Å². The Labute approximate surface area is 95.9 Å². The number of hydrogen-bond donors (Lipinski definition) is 0. The molecular formula is C12H19NO3. The van der Waals surface area contributed by atoms with E-state index in [1.165, 1.54) is 0 Å². The molecule has 90 valence electrons. The van der Waals surface area contributed by atoms with Gasteiger partial charge in [0.1, 0.15) is 12.2 Å². The van der Waals surface area contributed by atoms with Gasteiger partial charge < -0.3 is 9.47 Å². The van der Waals surface area contributed by atoms with E-state index in [4.69, 9.17) is 9.47 Å². The Kier molecular flexibility index (Phi) is 2.44. The van der Waals surface area contributed by atoms with Crippen LogP contribution in [0, 0.1) is 5.92 Å². The molecule has 0 aliphatic carbocycles. The van der Waals surface area contributed by atoms with Crippen LogP contribution < -0.4 is 0 Å². The summed E-state index contributed by atoms with van der Waals surface area (Å²) in [4.78, 5) is 14.0. The highest BCUT2D eigenvalue weighted by Crippen LogP contribution is 2.48.